The minimum atomic E-state index is -0.780. The Bertz CT molecular complexity index is 1050. The number of nitro benzene ring substituents is 1. The lowest BCUT2D eigenvalue weighted by Gasteiger charge is -2.06. The van der Waals surface area contributed by atoms with Crippen molar-refractivity contribution in [2.75, 3.05) is 0 Å². The number of hydrogen-bond donors (Lipinski definition) is 0. The minimum absolute atomic E-state index is 0.197. The molecule has 0 N–H and O–H groups in total. The normalized spacial score (nSPS) is 11.0. The third-order valence-corrected chi connectivity index (χ3v) is 4.20. The average Bonchev–Trinajstić information content (AvgIpc) is 2.62. The Hall–Kier alpha value is -2.96. The number of fused-ring (bicyclic) bond motifs is 1. The van der Waals surface area contributed by atoms with E-state index in [0.717, 1.165) is 6.08 Å². The van der Waals surface area contributed by atoms with Crippen LogP contribution >= 0.6 is 23.2 Å². The SMILES string of the molecule is O=C(C=Cc1ccc(Cl)c(Cl)c1)Oc1c([N+](=O)[O-])ccc2cccnc12. The van der Waals surface area contributed by atoms with E-state index in [1.54, 1.807) is 36.4 Å². The Balaban J connectivity index is 1.91. The molecule has 0 spiro atoms. The van der Waals surface area contributed by atoms with Crippen molar-refractivity contribution in [3.63, 3.8) is 0 Å². The molecule has 0 radical (unpaired) electrons. The van der Waals surface area contributed by atoms with Gasteiger partial charge < -0.3 is 4.74 Å². The molecule has 0 unspecified atom stereocenters. The molecule has 1 heterocycles. The number of aromatic nitrogens is 1. The topological polar surface area (TPSA) is 82.3 Å². The molecule has 26 heavy (non-hydrogen) atoms. The zero-order valence-electron chi connectivity index (χ0n) is 13.1. The monoisotopic (exact) mass is 388 g/mol. The number of pyridine rings is 1. The van der Waals surface area contributed by atoms with Crippen LogP contribution in [-0.2, 0) is 4.79 Å². The molecule has 8 heteroatoms. The van der Waals surface area contributed by atoms with Crippen LogP contribution in [0.15, 0.2) is 54.7 Å². The molecule has 3 aromatic rings. The van der Waals surface area contributed by atoms with E-state index in [-0.39, 0.29) is 17.0 Å². The molecule has 0 aliphatic rings. The molecule has 2 aromatic carbocycles. The van der Waals surface area contributed by atoms with Gasteiger partial charge in [0.25, 0.3) is 0 Å². The lowest BCUT2D eigenvalue weighted by molar-refractivity contribution is -0.385. The smallest absolute Gasteiger partial charge is 0.336 e. The molecule has 3 rings (SSSR count). The van der Waals surface area contributed by atoms with Crippen LogP contribution in [0.2, 0.25) is 10.0 Å². The first-order valence-electron chi connectivity index (χ1n) is 7.33. The number of carbonyl (C=O) groups excluding carboxylic acids is 1. The summed E-state index contributed by atoms with van der Waals surface area (Å²) in [6, 6.07) is 11.1. The number of ether oxygens (including phenoxy) is 1. The van der Waals surface area contributed by atoms with Gasteiger partial charge in [-0.3, -0.25) is 15.1 Å². The van der Waals surface area contributed by atoms with Gasteiger partial charge in [-0.1, -0.05) is 35.3 Å². The van der Waals surface area contributed by atoms with E-state index in [1.807, 2.05) is 0 Å². The van der Waals surface area contributed by atoms with Gasteiger partial charge >= 0.3 is 11.7 Å². The van der Waals surface area contributed by atoms with E-state index >= 15 is 0 Å². The van der Waals surface area contributed by atoms with Gasteiger partial charge in [0.1, 0.15) is 5.52 Å². The highest BCUT2D eigenvalue weighted by Crippen LogP contribution is 2.34. The molecule has 0 amide bonds. The fraction of sp³-hybridized carbons (Fsp3) is 0. The number of hydrogen-bond acceptors (Lipinski definition) is 5. The van der Waals surface area contributed by atoms with Crippen LogP contribution in [0.25, 0.3) is 17.0 Å². The Labute approximate surface area is 157 Å². The summed E-state index contributed by atoms with van der Waals surface area (Å²) >= 11 is 11.7. The van der Waals surface area contributed by atoms with Gasteiger partial charge in [-0.25, -0.2) is 4.79 Å². The quantitative estimate of drug-likeness (QED) is 0.205. The zero-order chi connectivity index (χ0) is 18.7. The second-order valence-corrected chi connectivity index (χ2v) is 5.99. The molecule has 0 saturated heterocycles. The molecule has 1 aromatic heterocycles. The van der Waals surface area contributed by atoms with Crippen LogP contribution in [0.3, 0.4) is 0 Å². The molecule has 0 saturated carbocycles. The fourth-order valence-corrected chi connectivity index (χ4v) is 2.57. The highest BCUT2D eigenvalue weighted by molar-refractivity contribution is 6.42. The van der Waals surface area contributed by atoms with Gasteiger partial charge in [0, 0.05) is 23.7 Å². The zero-order valence-corrected chi connectivity index (χ0v) is 14.6. The van der Waals surface area contributed by atoms with Gasteiger partial charge in [0.2, 0.25) is 5.75 Å². The predicted octanol–water partition coefficient (Wildman–Crippen LogP) is 5.07. The van der Waals surface area contributed by atoms with E-state index in [2.05, 4.69) is 4.98 Å². The number of benzene rings is 2. The number of nitro groups is 1. The molecule has 0 atom stereocenters. The Morgan fingerprint density at radius 3 is 2.69 bits per heavy atom. The lowest BCUT2D eigenvalue weighted by Crippen LogP contribution is -2.07. The van der Waals surface area contributed by atoms with Crippen molar-refractivity contribution in [1.82, 2.24) is 4.98 Å². The molecule has 0 aliphatic heterocycles. The number of carbonyl (C=O) groups is 1. The van der Waals surface area contributed by atoms with Crippen molar-refractivity contribution in [2.24, 2.45) is 0 Å². The second-order valence-electron chi connectivity index (χ2n) is 5.17. The van der Waals surface area contributed by atoms with E-state index in [9.17, 15) is 14.9 Å². The fourth-order valence-electron chi connectivity index (χ4n) is 2.27. The van der Waals surface area contributed by atoms with E-state index in [1.165, 1.54) is 18.3 Å². The summed E-state index contributed by atoms with van der Waals surface area (Å²) in [4.78, 5) is 26.8. The lowest BCUT2D eigenvalue weighted by atomic mass is 10.2. The summed E-state index contributed by atoms with van der Waals surface area (Å²) in [5, 5.41) is 12.6. The Morgan fingerprint density at radius 2 is 1.96 bits per heavy atom. The van der Waals surface area contributed by atoms with Crippen molar-refractivity contribution in [3.8, 4) is 5.75 Å². The second kappa shape index (κ2) is 7.51. The van der Waals surface area contributed by atoms with Crippen LogP contribution in [-0.4, -0.2) is 15.9 Å². The summed E-state index contributed by atoms with van der Waals surface area (Å²) in [7, 11) is 0. The molecule has 6 nitrogen and oxygen atoms in total. The van der Waals surface area contributed by atoms with Gasteiger partial charge in [-0.05, 0) is 35.9 Å². The van der Waals surface area contributed by atoms with Crippen LogP contribution in [0.5, 0.6) is 5.75 Å². The maximum Gasteiger partial charge on any atom is 0.336 e. The van der Waals surface area contributed by atoms with Crippen LogP contribution in [0, 0.1) is 10.1 Å². The third-order valence-electron chi connectivity index (χ3n) is 3.46. The maximum absolute atomic E-state index is 12.1. The van der Waals surface area contributed by atoms with Crippen molar-refractivity contribution in [1.29, 1.82) is 0 Å². The third kappa shape index (κ3) is 3.82. The van der Waals surface area contributed by atoms with E-state index in [4.69, 9.17) is 27.9 Å². The summed E-state index contributed by atoms with van der Waals surface area (Å²) in [6.07, 6.45) is 4.08. The highest BCUT2D eigenvalue weighted by atomic mass is 35.5. The van der Waals surface area contributed by atoms with E-state index < -0.39 is 10.9 Å². The van der Waals surface area contributed by atoms with Crippen molar-refractivity contribution in [2.45, 2.75) is 0 Å². The number of nitrogens with zero attached hydrogens (tertiary/aromatic N) is 2. The highest BCUT2D eigenvalue weighted by Gasteiger charge is 2.21. The summed E-state index contributed by atoms with van der Waals surface area (Å²) in [5.41, 5.74) is 0.521. The molecule has 0 fully saturated rings. The molecule has 0 bridgehead atoms. The van der Waals surface area contributed by atoms with Crippen LogP contribution < -0.4 is 4.74 Å². The van der Waals surface area contributed by atoms with E-state index in [0.29, 0.717) is 21.0 Å². The van der Waals surface area contributed by atoms with Gasteiger partial charge in [-0.2, -0.15) is 0 Å². The number of rotatable bonds is 4. The first-order chi connectivity index (χ1) is 12.5. The number of halogens is 2. The van der Waals surface area contributed by atoms with Gasteiger partial charge in [0.05, 0.1) is 15.0 Å². The summed E-state index contributed by atoms with van der Waals surface area (Å²) in [6.45, 7) is 0. The first kappa shape index (κ1) is 17.8. The predicted molar refractivity (Wildman–Crippen MR) is 99.5 cm³/mol. The Kier molecular flexibility index (Phi) is 5.16. The standard InChI is InChI=1S/C18H10Cl2N2O4/c19-13-6-3-11(10-14(13)20)4-8-16(23)26-18-15(22(24)25)7-5-12-2-1-9-21-17(12)18/h1-10H. The van der Waals surface area contributed by atoms with Gasteiger partial charge in [0.15, 0.2) is 0 Å². The first-order valence-corrected chi connectivity index (χ1v) is 8.08. The molecular formula is C18H10Cl2N2O4. The Morgan fingerprint density at radius 1 is 1.15 bits per heavy atom. The van der Waals surface area contributed by atoms with Crippen molar-refractivity contribution < 1.29 is 14.5 Å². The van der Waals surface area contributed by atoms with Crippen molar-refractivity contribution >= 4 is 51.8 Å². The maximum atomic E-state index is 12.1. The number of esters is 1. The average molecular weight is 389 g/mol. The summed E-state index contributed by atoms with van der Waals surface area (Å²) in [5.74, 6) is -0.978. The van der Waals surface area contributed by atoms with Crippen LogP contribution in [0.1, 0.15) is 5.56 Å². The molecule has 0 aliphatic carbocycles. The van der Waals surface area contributed by atoms with Crippen LogP contribution in [0.4, 0.5) is 5.69 Å². The summed E-state index contributed by atoms with van der Waals surface area (Å²) < 4.78 is 5.21. The largest absolute Gasteiger partial charge is 0.414 e. The molecular weight excluding hydrogens is 379 g/mol. The van der Waals surface area contributed by atoms with Crippen molar-refractivity contribution in [3.05, 3.63) is 80.5 Å². The molecule has 130 valence electrons. The minimum Gasteiger partial charge on any atom is -0.414 e. The van der Waals surface area contributed by atoms with Gasteiger partial charge in [-0.15, -0.1) is 0 Å².